The molecule has 0 spiro atoms. The number of ether oxygens (including phenoxy) is 1. The lowest BCUT2D eigenvalue weighted by molar-refractivity contribution is 0.0990. The van der Waals surface area contributed by atoms with Gasteiger partial charge in [-0.15, -0.1) is 0 Å². The number of benzene rings is 2. The van der Waals surface area contributed by atoms with E-state index in [2.05, 4.69) is 33.5 Å². The second-order valence-corrected chi connectivity index (χ2v) is 7.58. The lowest BCUT2D eigenvalue weighted by Gasteiger charge is -2.36. The van der Waals surface area contributed by atoms with Gasteiger partial charge in [-0.25, -0.2) is 4.98 Å². The van der Waals surface area contributed by atoms with Gasteiger partial charge in [-0.3, -0.25) is 4.79 Å². The third-order valence-electron chi connectivity index (χ3n) is 5.34. The van der Waals surface area contributed by atoms with Gasteiger partial charge in [-0.05, 0) is 24.6 Å². The number of rotatable bonds is 7. The standard InChI is InChI=1S/C24H27N5O2/c1-17-16-31-12-11-29(17)22-10-6-5-9-20(22)28-23-13-21(19(15-27-23)24(25)30)26-14-18-7-3-2-4-8-18/h2-10,13,15,17H,11-12,14,16H2,1H3,(H2,25,30)(H2,26,27,28)/t17-/m0/s1. The highest BCUT2D eigenvalue weighted by molar-refractivity contribution is 5.98. The molecule has 1 saturated heterocycles. The molecule has 2 heterocycles. The van der Waals surface area contributed by atoms with Crippen LogP contribution in [-0.2, 0) is 11.3 Å². The van der Waals surface area contributed by atoms with E-state index in [1.54, 1.807) is 0 Å². The van der Waals surface area contributed by atoms with Gasteiger partial charge in [0.2, 0.25) is 0 Å². The quantitative estimate of drug-likeness (QED) is 0.542. The summed E-state index contributed by atoms with van der Waals surface area (Å²) in [6, 6.07) is 20.2. The van der Waals surface area contributed by atoms with E-state index in [4.69, 9.17) is 10.5 Å². The predicted octanol–water partition coefficient (Wildman–Crippen LogP) is 3.76. The second-order valence-electron chi connectivity index (χ2n) is 7.58. The topological polar surface area (TPSA) is 92.5 Å². The Morgan fingerprint density at radius 3 is 2.71 bits per heavy atom. The Bertz CT molecular complexity index is 1040. The Kier molecular flexibility index (Phi) is 6.33. The molecular weight excluding hydrogens is 390 g/mol. The van der Waals surface area contributed by atoms with Crippen molar-refractivity contribution in [3.8, 4) is 0 Å². The lowest BCUT2D eigenvalue weighted by Crippen LogP contribution is -2.43. The Balaban J connectivity index is 1.58. The minimum atomic E-state index is -0.517. The van der Waals surface area contributed by atoms with Crippen molar-refractivity contribution in [3.05, 3.63) is 78.0 Å². The number of nitrogens with one attached hydrogen (secondary N) is 2. The monoisotopic (exact) mass is 417 g/mol. The summed E-state index contributed by atoms with van der Waals surface area (Å²) in [5, 5.41) is 6.72. The van der Waals surface area contributed by atoms with E-state index in [0.29, 0.717) is 36.8 Å². The van der Waals surface area contributed by atoms with Gasteiger partial charge < -0.3 is 26.0 Å². The van der Waals surface area contributed by atoms with Gasteiger partial charge >= 0.3 is 0 Å². The van der Waals surface area contributed by atoms with E-state index in [1.165, 1.54) is 6.20 Å². The maximum absolute atomic E-state index is 11.9. The minimum absolute atomic E-state index is 0.282. The Morgan fingerprint density at radius 1 is 1.16 bits per heavy atom. The first kappa shape index (κ1) is 20.7. The smallest absolute Gasteiger partial charge is 0.252 e. The van der Waals surface area contributed by atoms with Crippen LogP contribution >= 0.6 is 0 Å². The van der Waals surface area contributed by atoms with Crippen LogP contribution in [0.4, 0.5) is 22.9 Å². The van der Waals surface area contributed by atoms with E-state index in [-0.39, 0.29) is 6.04 Å². The molecule has 31 heavy (non-hydrogen) atoms. The molecule has 0 saturated carbocycles. The zero-order valence-corrected chi connectivity index (χ0v) is 17.5. The Labute approximate surface area is 182 Å². The van der Waals surface area contributed by atoms with Crippen molar-refractivity contribution in [3.63, 3.8) is 0 Å². The van der Waals surface area contributed by atoms with Crippen molar-refractivity contribution in [1.29, 1.82) is 0 Å². The van der Waals surface area contributed by atoms with Gasteiger partial charge in [0.05, 0.1) is 35.8 Å². The molecule has 1 aliphatic rings. The van der Waals surface area contributed by atoms with Crippen LogP contribution in [0, 0.1) is 0 Å². The van der Waals surface area contributed by atoms with E-state index >= 15 is 0 Å². The fraction of sp³-hybridized carbons (Fsp3) is 0.250. The van der Waals surface area contributed by atoms with Gasteiger partial charge in [-0.1, -0.05) is 42.5 Å². The van der Waals surface area contributed by atoms with E-state index in [0.717, 1.165) is 23.5 Å². The van der Waals surface area contributed by atoms with Crippen molar-refractivity contribution in [2.45, 2.75) is 19.5 Å². The number of primary amides is 1. The van der Waals surface area contributed by atoms with E-state index in [1.807, 2.05) is 54.6 Å². The molecule has 160 valence electrons. The molecule has 3 aromatic rings. The van der Waals surface area contributed by atoms with Crippen LogP contribution in [0.2, 0.25) is 0 Å². The summed E-state index contributed by atoms with van der Waals surface area (Å²) in [4.78, 5) is 18.7. The van der Waals surface area contributed by atoms with Crippen molar-refractivity contribution < 1.29 is 9.53 Å². The summed E-state index contributed by atoms with van der Waals surface area (Å²) in [6.45, 7) is 4.97. The highest BCUT2D eigenvalue weighted by Gasteiger charge is 2.21. The number of para-hydroxylation sites is 2. The zero-order chi connectivity index (χ0) is 21.6. The number of hydrogen-bond acceptors (Lipinski definition) is 6. The summed E-state index contributed by atoms with van der Waals surface area (Å²) < 4.78 is 5.58. The number of nitrogens with two attached hydrogens (primary N) is 1. The molecule has 0 aliphatic carbocycles. The van der Waals surface area contributed by atoms with Crippen LogP contribution in [0.15, 0.2) is 66.9 Å². The molecule has 4 N–H and O–H groups in total. The van der Waals surface area contributed by atoms with Gasteiger partial charge in [0.25, 0.3) is 5.91 Å². The number of aromatic nitrogens is 1. The highest BCUT2D eigenvalue weighted by Crippen LogP contribution is 2.31. The fourth-order valence-electron chi connectivity index (χ4n) is 3.71. The summed E-state index contributed by atoms with van der Waals surface area (Å²) >= 11 is 0. The summed E-state index contributed by atoms with van der Waals surface area (Å²) in [6.07, 6.45) is 1.51. The first-order chi connectivity index (χ1) is 15.1. The van der Waals surface area contributed by atoms with Crippen molar-refractivity contribution in [1.82, 2.24) is 4.98 Å². The molecule has 0 radical (unpaired) electrons. The molecule has 0 unspecified atom stereocenters. The molecule has 1 aromatic heterocycles. The van der Waals surface area contributed by atoms with Crippen LogP contribution in [0.1, 0.15) is 22.8 Å². The van der Waals surface area contributed by atoms with Gasteiger partial charge in [0, 0.05) is 31.4 Å². The maximum Gasteiger partial charge on any atom is 0.252 e. The van der Waals surface area contributed by atoms with E-state index in [9.17, 15) is 4.79 Å². The third-order valence-corrected chi connectivity index (χ3v) is 5.34. The average Bonchev–Trinajstić information content (AvgIpc) is 2.79. The summed E-state index contributed by atoms with van der Waals surface area (Å²) in [5.41, 5.74) is 9.72. The minimum Gasteiger partial charge on any atom is -0.380 e. The van der Waals surface area contributed by atoms with Crippen LogP contribution in [0.5, 0.6) is 0 Å². The maximum atomic E-state index is 11.9. The SMILES string of the molecule is C[C@H]1COCCN1c1ccccc1Nc1cc(NCc2ccccc2)c(C(N)=O)cn1. The number of amides is 1. The zero-order valence-electron chi connectivity index (χ0n) is 17.5. The third kappa shape index (κ3) is 4.95. The number of pyridine rings is 1. The summed E-state index contributed by atoms with van der Waals surface area (Å²) in [7, 11) is 0. The second kappa shape index (κ2) is 9.49. The number of nitrogens with zero attached hydrogens (tertiary/aromatic N) is 2. The predicted molar refractivity (Wildman–Crippen MR) is 124 cm³/mol. The van der Waals surface area contributed by atoms with Crippen LogP contribution in [-0.4, -0.2) is 36.7 Å². The molecule has 4 rings (SSSR count). The molecule has 7 heteroatoms. The Hall–Kier alpha value is -3.58. The lowest BCUT2D eigenvalue weighted by atomic mass is 10.1. The molecular formula is C24H27N5O2. The molecule has 1 atom stereocenters. The number of anilines is 4. The average molecular weight is 418 g/mol. The molecule has 1 aliphatic heterocycles. The highest BCUT2D eigenvalue weighted by atomic mass is 16.5. The van der Waals surface area contributed by atoms with Gasteiger partial charge in [0.1, 0.15) is 5.82 Å². The normalized spacial score (nSPS) is 16.0. The molecule has 1 fully saturated rings. The van der Waals surface area contributed by atoms with Crippen molar-refractivity contribution in [2.75, 3.05) is 35.3 Å². The fourth-order valence-corrected chi connectivity index (χ4v) is 3.71. The number of carbonyl (C=O) groups excluding carboxylic acids is 1. The Morgan fingerprint density at radius 2 is 1.94 bits per heavy atom. The molecule has 1 amide bonds. The van der Waals surface area contributed by atoms with Crippen LogP contribution in [0.25, 0.3) is 0 Å². The van der Waals surface area contributed by atoms with Crippen molar-refractivity contribution >= 4 is 28.8 Å². The number of hydrogen-bond donors (Lipinski definition) is 3. The van der Waals surface area contributed by atoms with Crippen LogP contribution in [0.3, 0.4) is 0 Å². The van der Waals surface area contributed by atoms with Crippen LogP contribution < -0.4 is 21.3 Å². The van der Waals surface area contributed by atoms with Gasteiger partial charge in [0.15, 0.2) is 0 Å². The first-order valence-corrected chi connectivity index (χ1v) is 10.4. The van der Waals surface area contributed by atoms with E-state index < -0.39 is 5.91 Å². The number of carbonyl (C=O) groups is 1. The first-order valence-electron chi connectivity index (χ1n) is 10.4. The number of morpholine rings is 1. The largest absolute Gasteiger partial charge is 0.380 e. The van der Waals surface area contributed by atoms with Gasteiger partial charge in [-0.2, -0.15) is 0 Å². The molecule has 0 bridgehead atoms. The molecule has 2 aromatic carbocycles. The summed E-state index contributed by atoms with van der Waals surface area (Å²) in [5.74, 6) is 0.117. The van der Waals surface area contributed by atoms with Crippen molar-refractivity contribution in [2.24, 2.45) is 5.73 Å². The molecule has 7 nitrogen and oxygen atoms in total.